The number of benzene rings is 1. The summed E-state index contributed by atoms with van der Waals surface area (Å²) in [6, 6.07) is 8.31. The first-order valence-electron chi connectivity index (χ1n) is 8.09. The van der Waals surface area contributed by atoms with Crippen LogP contribution in [-0.4, -0.2) is 53.3 Å². The van der Waals surface area contributed by atoms with Gasteiger partial charge in [0.15, 0.2) is 0 Å². The number of nitrogens with zero attached hydrogens (tertiary/aromatic N) is 3. The summed E-state index contributed by atoms with van der Waals surface area (Å²) < 4.78 is 7.69. The van der Waals surface area contributed by atoms with Crippen LogP contribution in [0.2, 0.25) is 0 Å². The molecule has 0 amide bonds. The van der Waals surface area contributed by atoms with Crippen LogP contribution in [0.5, 0.6) is 5.88 Å². The normalized spacial score (nSPS) is 15.1. The van der Waals surface area contributed by atoms with Gasteiger partial charge >= 0.3 is 0 Å². The van der Waals surface area contributed by atoms with Crippen LogP contribution >= 0.6 is 11.9 Å². The van der Waals surface area contributed by atoms with Crippen LogP contribution in [0.3, 0.4) is 0 Å². The van der Waals surface area contributed by atoms with Crippen LogP contribution in [-0.2, 0) is 32.7 Å². The monoisotopic (exact) mass is 437 g/mol. The summed E-state index contributed by atoms with van der Waals surface area (Å²) in [5.74, 6) is 0.689. The molecule has 1 radical (unpaired) electrons. The second-order valence-corrected chi connectivity index (χ2v) is 7.67. The summed E-state index contributed by atoms with van der Waals surface area (Å²) in [4.78, 5) is 5.50. The molecule has 2 aromatic rings. The summed E-state index contributed by atoms with van der Waals surface area (Å²) >= 11 is 1.80. The molecule has 0 aliphatic carbocycles. The molecule has 0 saturated carbocycles. The van der Waals surface area contributed by atoms with Crippen molar-refractivity contribution in [3.8, 4) is 5.88 Å². The fourth-order valence-electron chi connectivity index (χ4n) is 2.21. The second-order valence-electron chi connectivity index (χ2n) is 6.53. The van der Waals surface area contributed by atoms with E-state index in [4.69, 9.17) is 9.84 Å². The first-order valence-corrected chi connectivity index (χ1v) is 8.86. The number of pyridine rings is 1. The first-order chi connectivity index (χ1) is 11.4. The molecular formula is C18H26N3O2SY-. The molecule has 1 saturated heterocycles. The van der Waals surface area contributed by atoms with Gasteiger partial charge in [-0.25, -0.2) is 9.29 Å². The van der Waals surface area contributed by atoms with Gasteiger partial charge in [0.05, 0.1) is 12.7 Å². The fraction of sp³-hybridized carbons (Fsp3) is 0.500. The van der Waals surface area contributed by atoms with Gasteiger partial charge in [0, 0.05) is 54.6 Å². The van der Waals surface area contributed by atoms with E-state index in [1.165, 1.54) is 10.3 Å². The quantitative estimate of drug-likeness (QED) is 0.742. The van der Waals surface area contributed by atoms with E-state index in [2.05, 4.69) is 38.9 Å². The number of hydrogen-bond acceptors (Lipinski definition) is 5. The SMILES string of the molecule is CC(C)(C)O.COc1nccc2c(SN3CC[N-]CC3)cccc12.[Y]. The number of ether oxygens (including phenoxy) is 1. The Morgan fingerprint density at radius 2 is 1.80 bits per heavy atom. The van der Waals surface area contributed by atoms with E-state index in [0.29, 0.717) is 5.88 Å². The molecular weight excluding hydrogens is 411 g/mol. The van der Waals surface area contributed by atoms with Crippen molar-refractivity contribution in [2.45, 2.75) is 31.3 Å². The van der Waals surface area contributed by atoms with E-state index in [0.717, 1.165) is 31.6 Å². The zero-order valence-corrected chi connectivity index (χ0v) is 19.1. The summed E-state index contributed by atoms with van der Waals surface area (Å²) in [5, 5.41) is 15.2. The van der Waals surface area contributed by atoms with Gasteiger partial charge in [0.2, 0.25) is 5.88 Å². The topological polar surface area (TPSA) is 59.7 Å². The van der Waals surface area contributed by atoms with E-state index >= 15 is 0 Å². The molecule has 1 aliphatic rings. The maximum atomic E-state index is 8.52. The maximum Gasteiger partial charge on any atom is 0.221 e. The van der Waals surface area contributed by atoms with Gasteiger partial charge in [-0.1, -0.05) is 6.07 Å². The molecule has 1 N–H and O–H groups in total. The standard InChI is InChI=1S/C14H16N3OS.C4H10O.Y/c1-18-14-12-3-2-4-13(11(12)5-6-16-14)19-17-9-7-15-8-10-17;1-4(2,3)5;/h2-6H,7-10H2,1H3;5H,1-3H3;/q-1;;. The molecule has 0 atom stereocenters. The predicted molar refractivity (Wildman–Crippen MR) is 101 cm³/mol. The minimum absolute atomic E-state index is 0. The molecule has 1 aromatic heterocycles. The number of aliphatic hydroxyl groups is 1. The van der Waals surface area contributed by atoms with Gasteiger partial charge < -0.3 is 15.2 Å². The number of rotatable bonds is 3. The Morgan fingerprint density at radius 3 is 2.40 bits per heavy atom. The Hall–Kier alpha value is -0.236. The third kappa shape index (κ3) is 7.89. The summed E-state index contributed by atoms with van der Waals surface area (Å²) in [7, 11) is 1.66. The smallest absolute Gasteiger partial charge is 0.221 e. The Balaban J connectivity index is 0.000000462. The Bertz CT molecular complexity index is 652. The van der Waals surface area contributed by atoms with Crippen molar-refractivity contribution in [1.82, 2.24) is 9.29 Å². The van der Waals surface area contributed by atoms with E-state index < -0.39 is 5.60 Å². The minimum Gasteiger partial charge on any atom is -0.660 e. The van der Waals surface area contributed by atoms with E-state index in [-0.39, 0.29) is 32.7 Å². The van der Waals surface area contributed by atoms with Gasteiger partial charge in [0.1, 0.15) is 0 Å². The first kappa shape index (κ1) is 22.8. The van der Waals surface area contributed by atoms with E-state index in [1.807, 2.05) is 0 Å². The molecule has 1 aliphatic heterocycles. The molecule has 1 aromatic carbocycles. The third-order valence-electron chi connectivity index (χ3n) is 3.17. The van der Waals surface area contributed by atoms with Gasteiger partial charge in [-0.15, -0.1) is 13.1 Å². The predicted octanol–water partition coefficient (Wildman–Crippen LogP) is 3.71. The number of aromatic nitrogens is 1. The summed E-state index contributed by atoms with van der Waals surface area (Å²) in [6.07, 6.45) is 1.80. The van der Waals surface area contributed by atoms with Crippen molar-refractivity contribution in [3.05, 3.63) is 35.8 Å². The number of hydrogen-bond donors (Lipinski definition) is 1. The van der Waals surface area contributed by atoms with Gasteiger partial charge in [0.25, 0.3) is 0 Å². The van der Waals surface area contributed by atoms with Gasteiger partial charge in [-0.2, -0.15) is 0 Å². The van der Waals surface area contributed by atoms with Gasteiger partial charge in [-0.3, -0.25) is 0 Å². The summed E-state index contributed by atoms with van der Waals surface area (Å²) in [6.45, 7) is 9.13. The average molecular weight is 437 g/mol. The second kappa shape index (κ2) is 10.8. The molecule has 0 bridgehead atoms. The van der Waals surface area contributed by atoms with Crippen LogP contribution in [0.1, 0.15) is 20.8 Å². The summed E-state index contributed by atoms with van der Waals surface area (Å²) in [5.41, 5.74) is -0.500. The fourth-order valence-corrected chi connectivity index (χ4v) is 3.25. The van der Waals surface area contributed by atoms with E-state index in [9.17, 15) is 0 Å². The third-order valence-corrected chi connectivity index (χ3v) is 4.34. The Labute approximate surface area is 179 Å². The molecule has 5 nitrogen and oxygen atoms in total. The van der Waals surface area contributed by atoms with Crippen molar-refractivity contribution >= 4 is 22.7 Å². The molecule has 0 unspecified atom stereocenters. The maximum absolute atomic E-state index is 8.52. The van der Waals surface area contributed by atoms with E-state index in [1.54, 1.807) is 46.0 Å². The molecule has 25 heavy (non-hydrogen) atoms. The average Bonchev–Trinajstić information content (AvgIpc) is 2.54. The van der Waals surface area contributed by atoms with Crippen molar-refractivity contribution in [2.75, 3.05) is 33.3 Å². The molecule has 1 fully saturated rings. The number of methoxy groups -OCH3 is 1. The molecule has 7 heteroatoms. The molecule has 0 spiro atoms. The number of fused-ring (bicyclic) bond motifs is 1. The van der Waals surface area contributed by atoms with Crippen molar-refractivity contribution in [1.29, 1.82) is 0 Å². The molecule has 3 rings (SSSR count). The van der Waals surface area contributed by atoms with Crippen LogP contribution in [0.15, 0.2) is 35.4 Å². The van der Waals surface area contributed by atoms with Crippen molar-refractivity contribution in [2.24, 2.45) is 0 Å². The number of piperazine rings is 1. The van der Waals surface area contributed by atoms with Crippen LogP contribution in [0, 0.1) is 0 Å². The van der Waals surface area contributed by atoms with Crippen molar-refractivity contribution in [3.63, 3.8) is 0 Å². The Kier molecular flexibility index (Phi) is 9.85. The zero-order chi connectivity index (χ0) is 17.6. The largest absolute Gasteiger partial charge is 0.660 e. The van der Waals surface area contributed by atoms with Crippen LogP contribution in [0.25, 0.3) is 16.1 Å². The van der Waals surface area contributed by atoms with Crippen molar-refractivity contribution < 1.29 is 42.6 Å². The zero-order valence-electron chi connectivity index (χ0n) is 15.4. The molecule has 2 heterocycles. The minimum atomic E-state index is -0.500. The molecule has 135 valence electrons. The Morgan fingerprint density at radius 1 is 1.16 bits per heavy atom. The van der Waals surface area contributed by atoms with Crippen LogP contribution in [0.4, 0.5) is 0 Å². The van der Waals surface area contributed by atoms with Gasteiger partial charge in [-0.05, 0) is 64.0 Å². The van der Waals surface area contributed by atoms with Crippen LogP contribution < -0.4 is 4.74 Å².